The van der Waals surface area contributed by atoms with Crippen molar-refractivity contribution in [3.63, 3.8) is 0 Å². The average molecular weight is 361 g/mol. The van der Waals surface area contributed by atoms with Gasteiger partial charge in [0.05, 0.1) is 5.52 Å². The summed E-state index contributed by atoms with van der Waals surface area (Å²) >= 11 is 0. The number of benzene rings is 2. The molecule has 27 heavy (non-hydrogen) atoms. The molecule has 0 bridgehead atoms. The minimum atomic E-state index is 0.172. The van der Waals surface area contributed by atoms with E-state index >= 15 is 0 Å². The number of ether oxygens (including phenoxy) is 1. The Kier molecular flexibility index (Phi) is 5.13. The lowest BCUT2D eigenvalue weighted by molar-refractivity contribution is 0.136. The smallest absolute Gasteiger partial charge is 0.218 e. The molecule has 1 aliphatic rings. The van der Waals surface area contributed by atoms with Crippen molar-refractivity contribution in [2.24, 2.45) is 0 Å². The van der Waals surface area contributed by atoms with Gasteiger partial charge in [-0.25, -0.2) is 4.98 Å². The van der Waals surface area contributed by atoms with Crippen molar-refractivity contribution in [3.8, 4) is 5.88 Å². The van der Waals surface area contributed by atoms with Crippen molar-refractivity contribution in [2.75, 3.05) is 6.54 Å². The maximum atomic E-state index is 6.36. The molecule has 3 heteroatoms. The van der Waals surface area contributed by atoms with Gasteiger partial charge in [0.2, 0.25) is 5.88 Å². The molecule has 1 unspecified atom stereocenters. The summed E-state index contributed by atoms with van der Waals surface area (Å²) in [6.45, 7) is 9.37. The molecule has 4 rings (SSSR count). The molecule has 0 N–H and O–H groups in total. The van der Waals surface area contributed by atoms with Crippen LogP contribution in [0.5, 0.6) is 5.88 Å². The third-order valence-corrected chi connectivity index (χ3v) is 5.38. The summed E-state index contributed by atoms with van der Waals surface area (Å²) in [5, 5.41) is 1.21. The van der Waals surface area contributed by atoms with Crippen LogP contribution in [0.4, 0.5) is 0 Å². The molecular formula is C24H28N2O. The third-order valence-electron chi connectivity index (χ3n) is 5.38. The van der Waals surface area contributed by atoms with Crippen LogP contribution in [0, 0.1) is 0 Å². The van der Waals surface area contributed by atoms with Crippen LogP contribution < -0.4 is 4.74 Å². The van der Waals surface area contributed by atoms with Crippen molar-refractivity contribution in [3.05, 3.63) is 71.3 Å². The largest absolute Gasteiger partial charge is 0.473 e. The summed E-state index contributed by atoms with van der Waals surface area (Å²) in [5.74, 6) is 1.26. The highest BCUT2D eigenvalue weighted by atomic mass is 16.5. The number of hydrogen-bond acceptors (Lipinski definition) is 3. The Labute approximate surface area is 162 Å². The molecule has 1 aromatic heterocycles. The molecule has 0 saturated carbocycles. The van der Waals surface area contributed by atoms with Gasteiger partial charge in [0.25, 0.3) is 0 Å². The Bertz CT molecular complexity index is 920. The van der Waals surface area contributed by atoms with Gasteiger partial charge in [-0.1, -0.05) is 69.3 Å². The summed E-state index contributed by atoms with van der Waals surface area (Å²) in [6, 6.07) is 19.4. The second-order valence-electron chi connectivity index (χ2n) is 7.83. The zero-order valence-electron chi connectivity index (χ0n) is 16.5. The quantitative estimate of drug-likeness (QED) is 0.611. The maximum absolute atomic E-state index is 6.36. The molecule has 1 atom stereocenters. The maximum Gasteiger partial charge on any atom is 0.218 e. The van der Waals surface area contributed by atoms with Crippen molar-refractivity contribution in [1.29, 1.82) is 0 Å². The Balaban J connectivity index is 1.72. The van der Waals surface area contributed by atoms with E-state index in [0.29, 0.717) is 5.92 Å². The Morgan fingerprint density at radius 3 is 2.67 bits per heavy atom. The highest BCUT2D eigenvalue weighted by Crippen LogP contribution is 2.32. The van der Waals surface area contributed by atoms with Gasteiger partial charge in [-0.3, -0.25) is 4.90 Å². The minimum absolute atomic E-state index is 0.172. The second kappa shape index (κ2) is 7.69. The van der Waals surface area contributed by atoms with Crippen LogP contribution >= 0.6 is 0 Å². The molecule has 0 aliphatic carbocycles. The van der Waals surface area contributed by atoms with E-state index < -0.39 is 0 Å². The summed E-state index contributed by atoms with van der Waals surface area (Å²) in [7, 11) is 0. The lowest BCUT2D eigenvalue weighted by Gasteiger charge is -2.23. The van der Waals surface area contributed by atoms with E-state index in [1.54, 1.807) is 0 Å². The summed E-state index contributed by atoms with van der Waals surface area (Å²) in [6.07, 6.45) is 1.15. The van der Waals surface area contributed by atoms with Gasteiger partial charge >= 0.3 is 0 Å². The van der Waals surface area contributed by atoms with Gasteiger partial charge in [0.1, 0.15) is 6.10 Å². The minimum Gasteiger partial charge on any atom is -0.473 e. The molecule has 2 heterocycles. The molecule has 3 aromatic rings. The van der Waals surface area contributed by atoms with Gasteiger partial charge < -0.3 is 4.74 Å². The zero-order valence-corrected chi connectivity index (χ0v) is 16.5. The number of aromatic nitrogens is 1. The van der Waals surface area contributed by atoms with E-state index in [1.807, 2.05) is 0 Å². The van der Waals surface area contributed by atoms with E-state index in [4.69, 9.17) is 9.72 Å². The molecule has 3 nitrogen and oxygen atoms in total. The number of para-hydroxylation sites is 1. The van der Waals surface area contributed by atoms with Gasteiger partial charge in [-0.15, -0.1) is 0 Å². The van der Waals surface area contributed by atoms with Crippen molar-refractivity contribution >= 4 is 10.9 Å². The molecule has 140 valence electrons. The standard InChI is InChI=1S/C24H28N2O/c1-4-21-16-26(14-18-9-6-5-7-10-18)15-20-13-19-11-8-12-22(17(2)3)23(19)25-24(20)27-21/h5-13,17,21H,4,14-16H2,1-3H3. The lowest BCUT2D eigenvalue weighted by Crippen LogP contribution is -2.32. The molecule has 1 aliphatic heterocycles. The fourth-order valence-electron chi connectivity index (χ4n) is 3.89. The van der Waals surface area contributed by atoms with E-state index in [2.05, 4.69) is 80.3 Å². The van der Waals surface area contributed by atoms with Gasteiger partial charge in [0, 0.05) is 30.6 Å². The van der Waals surface area contributed by atoms with Crippen LogP contribution in [0.1, 0.15) is 49.8 Å². The molecule has 0 spiro atoms. The molecule has 2 aromatic carbocycles. The molecular weight excluding hydrogens is 332 g/mol. The Morgan fingerprint density at radius 2 is 1.93 bits per heavy atom. The highest BCUT2D eigenvalue weighted by molar-refractivity contribution is 5.83. The van der Waals surface area contributed by atoms with Crippen LogP contribution in [0.25, 0.3) is 10.9 Å². The molecule has 0 amide bonds. The van der Waals surface area contributed by atoms with Crippen LogP contribution in [0.15, 0.2) is 54.6 Å². The van der Waals surface area contributed by atoms with E-state index in [9.17, 15) is 0 Å². The lowest BCUT2D eigenvalue weighted by atomic mass is 9.99. The zero-order chi connectivity index (χ0) is 18.8. The van der Waals surface area contributed by atoms with E-state index in [-0.39, 0.29) is 6.10 Å². The first-order valence-corrected chi connectivity index (χ1v) is 9.99. The SMILES string of the molecule is CCC1CN(Cc2ccccc2)Cc2cc3cccc(C(C)C)c3nc2O1. The Morgan fingerprint density at radius 1 is 1.11 bits per heavy atom. The number of fused-ring (bicyclic) bond motifs is 2. The molecule has 0 fully saturated rings. The monoisotopic (exact) mass is 360 g/mol. The average Bonchev–Trinajstić information content (AvgIpc) is 2.84. The van der Waals surface area contributed by atoms with E-state index in [1.165, 1.54) is 22.1 Å². The molecule has 0 saturated heterocycles. The third kappa shape index (κ3) is 3.84. The fraction of sp³-hybridized carbons (Fsp3) is 0.375. The number of rotatable bonds is 4. The van der Waals surface area contributed by atoms with Crippen LogP contribution in [0.3, 0.4) is 0 Å². The summed E-state index contributed by atoms with van der Waals surface area (Å²) in [4.78, 5) is 7.47. The molecule has 0 radical (unpaired) electrons. The predicted octanol–water partition coefficient (Wildman–Crippen LogP) is 5.53. The first-order chi connectivity index (χ1) is 13.1. The van der Waals surface area contributed by atoms with Crippen molar-refractivity contribution in [2.45, 2.75) is 52.3 Å². The van der Waals surface area contributed by atoms with Gasteiger partial charge in [0.15, 0.2) is 0 Å². The Hall–Kier alpha value is -2.39. The van der Waals surface area contributed by atoms with Gasteiger partial charge in [-0.2, -0.15) is 0 Å². The van der Waals surface area contributed by atoms with Crippen molar-refractivity contribution in [1.82, 2.24) is 9.88 Å². The van der Waals surface area contributed by atoms with E-state index in [0.717, 1.165) is 37.5 Å². The van der Waals surface area contributed by atoms with Crippen LogP contribution in [-0.2, 0) is 13.1 Å². The second-order valence-corrected chi connectivity index (χ2v) is 7.83. The number of hydrogen-bond donors (Lipinski definition) is 0. The summed E-state index contributed by atoms with van der Waals surface area (Å²) < 4.78 is 6.36. The van der Waals surface area contributed by atoms with Gasteiger partial charge in [-0.05, 0) is 29.5 Å². The normalized spacial score (nSPS) is 17.6. The van der Waals surface area contributed by atoms with Crippen LogP contribution in [-0.4, -0.2) is 22.5 Å². The number of pyridine rings is 1. The van der Waals surface area contributed by atoms with Crippen molar-refractivity contribution < 1.29 is 4.74 Å². The highest BCUT2D eigenvalue weighted by Gasteiger charge is 2.24. The first-order valence-electron chi connectivity index (χ1n) is 9.99. The predicted molar refractivity (Wildman–Crippen MR) is 111 cm³/mol. The fourth-order valence-corrected chi connectivity index (χ4v) is 3.89. The van der Waals surface area contributed by atoms with Crippen LogP contribution in [0.2, 0.25) is 0 Å². The first kappa shape index (κ1) is 18.0. The summed E-state index contributed by atoms with van der Waals surface area (Å²) in [5.41, 5.74) is 4.90. The topological polar surface area (TPSA) is 25.4 Å². The number of nitrogens with zero attached hydrogens (tertiary/aromatic N) is 2.